The zero-order valence-electron chi connectivity index (χ0n) is 17.5. The Morgan fingerprint density at radius 1 is 1.20 bits per heavy atom. The highest BCUT2D eigenvalue weighted by atomic mass is 19.4. The lowest BCUT2D eigenvalue weighted by Crippen LogP contribution is -2.42. The van der Waals surface area contributed by atoms with E-state index in [0.29, 0.717) is 25.2 Å². The molecule has 3 N–H and O–H groups in total. The molecule has 1 aliphatic carbocycles. The first-order valence-electron chi connectivity index (χ1n) is 10.0. The molecule has 2 fully saturated rings. The van der Waals surface area contributed by atoms with Gasteiger partial charge in [-0.3, -0.25) is 14.5 Å². The molecule has 168 valence electrons. The van der Waals surface area contributed by atoms with E-state index in [-0.39, 0.29) is 23.6 Å². The minimum absolute atomic E-state index is 0.0933. The van der Waals surface area contributed by atoms with Crippen LogP contribution in [0.4, 0.5) is 17.6 Å². The molecule has 1 saturated carbocycles. The summed E-state index contributed by atoms with van der Waals surface area (Å²) in [4.78, 5) is 25.1. The molecule has 1 aliphatic heterocycles. The molecule has 1 atom stereocenters. The number of halogens is 4. The number of carbonyl (C=O) groups excluding carboxylic acids is 2. The van der Waals surface area contributed by atoms with Gasteiger partial charge < -0.3 is 11.1 Å². The van der Waals surface area contributed by atoms with Crippen molar-refractivity contribution in [3.05, 3.63) is 35.1 Å². The van der Waals surface area contributed by atoms with Crippen LogP contribution in [0.25, 0.3) is 0 Å². The molecule has 3 rings (SSSR count). The standard InChI is InChI=1S/C17H19F4N3O2.C4H10/c18-12-6-10(5-11(7-12)17(19,20)21)15(26)23-13-8-16(13)1-3-24(4-2-16)9-14(22)25;1-4(2)3/h5-7,13H,1-4,8-9H2,(H2,22,25)(H,23,26);4H,1-3H3/t13-;/m1./s1. The second-order valence-corrected chi connectivity index (χ2v) is 8.79. The van der Waals surface area contributed by atoms with Gasteiger partial charge in [-0.1, -0.05) is 20.8 Å². The highest BCUT2D eigenvalue weighted by Crippen LogP contribution is 2.53. The molecule has 1 aromatic rings. The summed E-state index contributed by atoms with van der Waals surface area (Å²) in [6.07, 6.45) is -2.46. The quantitative estimate of drug-likeness (QED) is 0.716. The first-order valence-corrected chi connectivity index (χ1v) is 10.0. The van der Waals surface area contributed by atoms with Gasteiger partial charge >= 0.3 is 6.18 Å². The van der Waals surface area contributed by atoms with E-state index in [9.17, 15) is 27.2 Å². The monoisotopic (exact) mass is 431 g/mol. The first kappa shape index (κ1) is 24.1. The van der Waals surface area contributed by atoms with Crippen molar-refractivity contribution >= 4 is 11.8 Å². The third-order valence-corrected chi connectivity index (χ3v) is 5.21. The predicted octanol–water partition coefficient (Wildman–Crippen LogP) is 3.58. The number of alkyl halides is 3. The third-order valence-electron chi connectivity index (χ3n) is 5.21. The third kappa shape index (κ3) is 6.68. The number of nitrogens with one attached hydrogen (secondary N) is 1. The highest BCUT2D eigenvalue weighted by molar-refractivity contribution is 5.95. The van der Waals surface area contributed by atoms with Crippen LogP contribution in [-0.2, 0) is 11.0 Å². The average Bonchev–Trinajstić information content (AvgIpc) is 3.26. The zero-order valence-corrected chi connectivity index (χ0v) is 17.5. The molecule has 9 heteroatoms. The Balaban J connectivity index is 0.000000735. The second-order valence-electron chi connectivity index (χ2n) is 8.79. The van der Waals surface area contributed by atoms with Crippen LogP contribution in [0, 0.1) is 17.2 Å². The fraction of sp³-hybridized carbons (Fsp3) is 0.619. The van der Waals surface area contributed by atoms with Crippen LogP contribution in [0.1, 0.15) is 56.0 Å². The van der Waals surface area contributed by atoms with E-state index in [1.54, 1.807) is 0 Å². The summed E-state index contributed by atoms with van der Waals surface area (Å²) in [6, 6.07) is 1.67. The number of nitrogens with zero attached hydrogens (tertiary/aromatic N) is 1. The number of hydrogen-bond donors (Lipinski definition) is 2. The number of hydrogen-bond acceptors (Lipinski definition) is 3. The summed E-state index contributed by atoms with van der Waals surface area (Å²) in [5.74, 6) is -1.38. The van der Waals surface area contributed by atoms with Crippen molar-refractivity contribution in [1.82, 2.24) is 10.2 Å². The van der Waals surface area contributed by atoms with Crippen molar-refractivity contribution < 1.29 is 27.2 Å². The summed E-state index contributed by atoms with van der Waals surface area (Å²) in [5.41, 5.74) is 3.55. The van der Waals surface area contributed by atoms with Gasteiger partial charge in [0.25, 0.3) is 5.91 Å². The lowest BCUT2D eigenvalue weighted by Gasteiger charge is -2.32. The molecular weight excluding hydrogens is 402 g/mol. The van der Waals surface area contributed by atoms with Crippen molar-refractivity contribution in [3.63, 3.8) is 0 Å². The Morgan fingerprint density at radius 2 is 1.77 bits per heavy atom. The Bertz CT molecular complexity index is 769. The number of amides is 2. The summed E-state index contributed by atoms with van der Waals surface area (Å²) in [5, 5.41) is 2.71. The largest absolute Gasteiger partial charge is 0.416 e. The van der Waals surface area contributed by atoms with Gasteiger partial charge in [0.2, 0.25) is 5.91 Å². The average molecular weight is 431 g/mol. The lowest BCUT2D eigenvalue weighted by molar-refractivity contribution is -0.137. The maximum atomic E-state index is 13.4. The van der Waals surface area contributed by atoms with E-state index in [0.717, 1.165) is 31.2 Å². The van der Waals surface area contributed by atoms with Gasteiger partial charge in [0.05, 0.1) is 12.1 Å². The molecule has 0 bridgehead atoms. The minimum atomic E-state index is -4.72. The number of rotatable bonds is 4. The smallest absolute Gasteiger partial charge is 0.369 e. The van der Waals surface area contributed by atoms with E-state index in [4.69, 9.17) is 5.73 Å². The number of piperidine rings is 1. The topological polar surface area (TPSA) is 75.4 Å². The Kier molecular flexibility index (Phi) is 7.49. The fourth-order valence-corrected chi connectivity index (χ4v) is 3.61. The Morgan fingerprint density at radius 3 is 2.27 bits per heavy atom. The number of carbonyl (C=O) groups is 2. The van der Waals surface area contributed by atoms with Crippen molar-refractivity contribution in [2.45, 2.75) is 52.3 Å². The molecule has 5 nitrogen and oxygen atoms in total. The van der Waals surface area contributed by atoms with Crippen LogP contribution < -0.4 is 11.1 Å². The molecule has 1 heterocycles. The maximum absolute atomic E-state index is 13.4. The molecule has 1 aromatic carbocycles. The van der Waals surface area contributed by atoms with Gasteiger partial charge in [-0.05, 0) is 61.9 Å². The molecule has 0 radical (unpaired) electrons. The van der Waals surface area contributed by atoms with Crippen LogP contribution in [-0.4, -0.2) is 42.4 Å². The molecule has 1 spiro atoms. The SMILES string of the molecule is CC(C)C.NC(=O)CN1CCC2(CC1)C[C@H]2NC(=O)c1cc(F)cc(C(F)(F)F)c1. The van der Waals surface area contributed by atoms with Gasteiger partial charge in [0.15, 0.2) is 0 Å². The fourth-order valence-electron chi connectivity index (χ4n) is 3.61. The van der Waals surface area contributed by atoms with Gasteiger partial charge in [-0.25, -0.2) is 4.39 Å². The number of primary amides is 1. The van der Waals surface area contributed by atoms with E-state index in [1.807, 2.05) is 4.90 Å². The molecule has 2 aliphatic rings. The Labute approximate surface area is 174 Å². The van der Waals surface area contributed by atoms with Crippen LogP contribution >= 0.6 is 0 Å². The molecule has 30 heavy (non-hydrogen) atoms. The molecular formula is C21H29F4N3O2. The van der Waals surface area contributed by atoms with Crippen molar-refractivity contribution in [3.8, 4) is 0 Å². The van der Waals surface area contributed by atoms with Gasteiger partial charge in [-0.15, -0.1) is 0 Å². The number of nitrogens with two attached hydrogens (primary N) is 1. The minimum Gasteiger partial charge on any atom is -0.369 e. The Hall–Kier alpha value is -2.16. The van der Waals surface area contributed by atoms with E-state index < -0.39 is 29.4 Å². The van der Waals surface area contributed by atoms with E-state index in [2.05, 4.69) is 26.1 Å². The molecule has 0 unspecified atom stereocenters. The summed E-state index contributed by atoms with van der Waals surface area (Å²) >= 11 is 0. The maximum Gasteiger partial charge on any atom is 0.416 e. The zero-order chi connectivity index (χ0) is 22.7. The van der Waals surface area contributed by atoms with E-state index in [1.165, 1.54) is 0 Å². The second kappa shape index (κ2) is 9.32. The first-order chi connectivity index (χ1) is 13.8. The normalized spacial score (nSPS) is 20.5. The van der Waals surface area contributed by atoms with Crippen LogP contribution in [0.5, 0.6) is 0 Å². The summed E-state index contributed by atoms with van der Waals surface area (Å²) < 4.78 is 51.7. The van der Waals surface area contributed by atoms with Crippen molar-refractivity contribution in [2.75, 3.05) is 19.6 Å². The van der Waals surface area contributed by atoms with Gasteiger partial charge in [0.1, 0.15) is 5.82 Å². The highest BCUT2D eigenvalue weighted by Gasteiger charge is 2.55. The van der Waals surface area contributed by atoms with Crippen LogP contribution in [0.2, 0.25) is 0 Å². The van der Waals surface area contributed by atoms with Crippen LogP contribution in [0.3, 0.4) is 0 Å². The summed E-state index contributed by atoms with van der Waals surface area (Å²) in [6.45, 7) is 8.04. The molecule has 0 aromatic heterocycles. The van der Waals surface area contributed by atoms with E-state index >= 15 is 0 Å². The number of likely N-dealkylation sites (tertiary alicyclic amines) is 1. The predicted molar refractivity (Wildman–Crippen MR) is 105 cm³/mol. The van der Waals surface area contributed by atoms with Crippen molar-refractivity contribution in [1.29, 1.82) is 0 Å². The lowest BCUT2D eigenvalue weighted by atomic mass is 9.92. The molecule has 1 saturated heterocycles. The van der Waals surface area contributed by atoms with Gasteiger partial charge in [-0.2, -0.15) is 13.2 Å². The molecule has 2 amide bonds. The summed E-state index contributed by atoms with van der Waals surface area (Å²) in [7, 11) is 0. The van der Waals surface area contributed by atoms with Crippen LogP contribution in [0.15, 0.2) is 18.2 Å². The number of benzene rings is 1. The van der Waals surface area contributed by atoms with Gasteiger partial charge in [0, 0.05) is 11.6 Å². The van der Waals surface area contributed by atoms with Crippen molar-refractivity contribution in [2.24, 2.45) is 17.1 Å².